The predicted molar refractivity (Wildman–Crippen MR) is 79.0 cm³/mol. The van der Waals surface area contributed by atoms with Gasteiger partial charge >= 0.3 is 0 Å². The number of rotatable bonds is 9. The van der Waals surface area contributed by atoms with Crippen molar-refractivity contribution < 1.29 is 4.79 Å². The Labute approximate surface area is 114 Å². The third kappa shape index (κ3) is 5.59. The number of nitrogen functional groups attached to an aromatic ring is 1. The Morgan fingerprint density at radius 3 is 2.58 bits per heavy atom. The van der Waals surface area contributed by atoms with Gasteiger partial charge in [0, 0.05) is 6.54 Å². The summed E-state index contributed by atoms with van der Waals surface area (Å²) in [5, 5.41) is 3.16. The smallest absolute Gasteiger partial charge is 0.267 e. The van der Waals surface area contributed by atoms with E-state index in [4.69, 9.17) is 11.5 Å². The standard InChI is InChI=1S/C14H24N4O/c1-2-3-4-5-6-7-10-17-14-11(15)8-9-12(18-14)13(16)19/h8-9H,2-7,10,15H2,1H3,(H2,16,19)(H,17,18). The van der Waals surface area contributed by atoms with Crippen LogP contribution in [0, 0.1) is 0 Å². The number of amides is 1. The molecule has 0 radical (unpaired) electrons. The van der Waals surface area contributed by atoms with Gasteiger partial charge in [0.05, 0.1) is 5.69 Å². The van der Waals surface area contributed by atoms with E-state index in [9.17, 15) is 4.79 Å². The van der Waals surface area contributed by atoms with Gasteiger partial charge in [0.15, 0.2) is 0 Å². The molecule has 0 atom stereocenters. The lowest BCUT2D eigenvalue weighted by molar-refractivity contribution is 0.0996. The zero-order valence-electron chi connectivity index (χ0n) is 11.6. The first-order chi connectivity index (χ1) is 9.15. The van der Waals surface area contributed by atoms with Gasteiger partial charge in [-0.2, -0.15) is 0 Å². The zero-order chi connectivity index (χ0) is 14.1. The van der Waals surface area contributed by atoms with E-state index >= 15 is 0 Å². The summed E-state index contributed by atoms with van der Waals surface area (Å²) in [6.45, 7) is 3.02. The van der Waals surface area contributed by atoms with Gasteiger partial charge in [-0.3, -0.25) is 4.79 Å². The first-order valence-electron chi connectivity index (χ1n) is 6.95. The predicted octanol–water partition coefficient (Wildman–Crippen LogP) is 2.54. The first-order valence-corrected chi connectivity index (χ1v) is 6.95. The molecule has 1 aromatic rings. The maximum Gasteiger partial charge on any atom is 0.267 e. The minimum atomic E-state index is -0.539. The molecule has 19 heavy (non-hydrogen) atoms. The molecule has 0 spiro atoms. The van der Waals surface area contributed by atoms with Crippen LogP contribution in [0.2, 0.25) is 0 Å². The van der Waals surface area contributed by atoms with Crippen LogP contribution in [0.3, 0.4) is 0 Å². The fourth-order valence-corrected chi connectivity index (χ4v) is 1.86. The van der Waals surface area contributed by atoms with E-state index in [0.717, 1.165) is 13.0 Å². The molecule has 1 heterocycles. The van der Waals surface area contributed by atoms with Crippen LogP contribution >= 0.6 is 0 Å². The minimum Gasteiger partial charge on any atom is -0.396 e. The zero-order valence-corrected chi connectivity index (χ0v) is 11.6. The van der Waals surface area contributed by atoms with E-state index in [0.29, 0.717) is 11.5 Å². The van der Waals surface area contributed by atoms with Gasteiger partial charge in [-0.1, -0.05) is 39.0 Å². The quantitative estimate of drug-likeness (QED) is 0.597. The van der Waals surface area contributed by atoms with Gasteiger partial charge in [0.1, 0.15) is 11.5 Å². The molecule has 0 bridgehead atoms. The van der Waals surface area contributed by atoms with Crippen molar-refractivity contribution in [1.82, 2.24) is 4.98 Å². The summed E-state index contributed by atoms with van der Waals surface area (Å²) < 4.78 is 0. The van der Waals surface area contributed by atoms with Gasteiger partial charge in [0.25, 0.3) is 5.91 Å². The van der Waals surface area contributed by atoms with Crippen molar-refractivity contribution in [2.75, 3.05) is 17.6 Å². The van der Waals surface area contributed by atoms with E-state index in [2.05, 4.69) is 17.2 Å². The summed E-state index contributed by atoms with van der Waals surface area (Å²) in [5.41, 5.74) is 11.8. The molecule has 0 aromatic carbocycles. The molecule has 5 N–H and O–H groups in total. The van der Waals surface area contributed by atoms with Crippen molar-refractivity contribution in [3.63, 3.8) is 0 Å². The number of anilines is 2. The van der Waals surface area contributed by atoms with Crippen LogP contribution in [-0.2, 0) is 0 Å². The molecule has 5 nitrogen and oxygen atoms in total. The van der Waals surface area contributed by atoms with Crippen molar-refractivity contribution in [1.29, 1.82) is 0 Å². The van der Waals surface area contributed by atoms with E-state index < -0.39 is 5.91 Å². The second-order valence-corrected chi connectivity index (χ2v) is 4.69. The Kier molecular flexibility index (Phi) is 6.71. The van der Waals surface area contributed by atoms with Crippen LogP contribution < -0.4 is 16.8 Å². The second-order valence-electron chi connectivity index (χ2n) is 4.69. The lowest BCUT2D eigenvalue weighted by Gasteiger charge is -2.09. The maximum atomic E-state index is 11.0. The molecule has 0 unspecified atom stereocenters. The highest BCUT2D eigenvalue weighted by Gasteiger charge is 2.06. The lowest BCUT2D eigenvalue weighted by Crippen LogP contribution is -2.15. The number of nitrogens with two attached hydrogens (primary N) is 2. The van der Waals surface area contributed by atoms with Crippen LogP contribution in [0.5, 0.6) is 0 Å². The number of carbonyl (C=O) groups is 1. The van der Waals surface area contributed by atoms with Crippen LogP contribution in [-0.4, -0.2) is 17.4 Å². The van der Waals surface area contributed by atoms with Gasteiger partial charge in [-0.05, 0) is 18.6 Å². The van der Waals surface area contributed by atoms with Crippen molar-refractivity contribution in [2.45, 2.75) is 45.4 Å². The number of unbranched alkanes of at least 4 members (excludes halogenated alkanes) is 5. The highest BCUT2D eigenvalue weighted by Crippen LogP contribution is 2.15. The van der Waals surface area contributed by atoms with Gasteiger partial charge < -0.3 is 16.8 Å². The molecule has 0 fully saturated rings. The number of nitrogens with one attached hydrogen (secondary N) is 1. The molecule has 0 saturated carbocycles. The van der Waals surface area contributed by atoms with E-state index in [1.807, 2.05) is 0 Å². The largest absolute Gasteiger partial charge is 0.396 e. The summed E-state index contributed by atoms with van der Waals surface area (Å²) in [7, 11) is 0. The Bertz CT molecular complexity index is 406. The summed E-state index contributed by atoms with van der Waals surface area (Å²) in [5.74, 6) is 0.00692. The number of aromatic nitrogens is 1. The molecule has 1 rings (SSSR count). The Morgan fingerprint density at radius 2 is 1.89 bits per heavy atom. The SMILES string of the molecule is CCCCCCCCNc1nc(C(N)=O)ccc1N. The van der Waals surface area contributed by atoms with Gasteiger partial charge in [-0.25, -0.2) is 4.98 Å². The molecule has 0 aliphatic carbocycles. The molecular formula is C14H24N4O. The number of hydrogen-bond donors (Lipinski definition) is 3. The van der Waals surface area contributed by atoms with Crippen LogP contribution in [0.4, 0.5) is 11.5 Å². The molecule has 1 aromatic heterocycles. The normalized spacial score (nSPS) is 10.4. The third-order valence-corrected chi connectivity index (χ3v) is 3.00. The number of pyridine rings is 1. The minimum absolute atomic E-state index is 0.236. The van der Waals surface area contributed by atoms with Crippen LogP contribution in [0.1, 0.15) is 55.9 Å². The fourth-order valence-electron chi connectivity index (χ4n) is 1.86. The molecule has 0 saturated heterocycles. The third-order valence-electron chi connectivity index (χ3n) is 3.00. The van der Waals surface area contributed by atoms with Gasteiger partial charge in [-0.15, -0.1) is 0 Å². The van der Waals surface area contributed by atoms with E-state index in [1.54, 1.807) is 6.07 Å². The Hall–Kier alpha value is -1.78. The monoisotopic (exact) mass is 264 g/mol. The number of hydrogen-bond acceptors (Lipinski definition) is 4. The van der Waals surface area contributed by atoms with E-state index in [-0.39, 0.29) is 5.69 Å². The van der Waals surface area contributed by atoms with Gasteiger partial charge in [0.2, 0.25) is 0 Å². The summed E-state index contributed by atoms with van der Waals surface area (Å²) in [6, 6.07) is 3.18. The summed E-state index contributed by atoms with van der Waals surface area (Å²) in [6.07, 6.45) is 7.41. The molecule has 106 valence electrons. The number of carbonyl (C=O) groups excluding carboxylic acids is 1. The highest BCUT2D eigenvalue weighted by molar-refractivity contribution is 5.91. The maximum absolute atomic E-state index is 11.0. The molecule has 5 heteroatoms. The summed E-state index contributed by atoms with van der Waals surface area (Å²) >= 11 is 0. The first kappa shape index (κ1) is 15.3. The Balaban J connectivity index is 2.32. The number of primary amides is 1. The molecule has 1 amide bonds. The van der Waals surface area contributed by atoms with Crippen molar-refractivity contribution in [3.05, 3.63) is 17.8 Å². The fraction of sp³-hybridized carbons (Fsp3) is 0.571. The lowest BCUT2D eigenvalue weighted by atomic mass is 10.1. The Morgan fingerprint density at radius 1 is 1.21 bits per heavy atom. The van der Waals surface area contributed by atoms with Crippen molar-refractivity contribution in [2.24, 2.45) is 5.73 Å². The van der Waals surface area contributed by atoms with Crippen molar-refractivity contribution >= 4 is 17.4 Å². The number of nitrogens with zero attached hydrogens (tertiary/aromatic N) is 1. The van der Waals surface area contributed by atoms with E-state index in [1.165, 1.54) is 38.2 Å². The average Bonchev–Trinajstić information content (AvgIpc) is 2.39. The second kappa shape index (κ2) is 8.34. The molecular weight excluding hydrogens is 240 g/mol. The van der Waals surface area contributed by atoms with Crippen LogP contribution in [0.25, 0.3) is 0 Å². The highest BCUT2D eigenvalue weighted by atomic mass is 16.1. The van der Waals surface area contributed by atoms with Crippen LogP contribution in [0.15, 0.2) is 12.1 Å². The summed E-state index contributed by atoms with van der Waals surface area (Å²) in [4.78, 5) is 15.1. The average molecular weight is 264 g/mol. The van der Waals surface area contributed by atoms with Crippen molar-refractivity contribution in [3.8, 4) is 0 Å². The molecule has 0 aliphatic heterocycles. The molecule has 0 aliphatic rings. The topological polar surface area (TPSA) is 94.0 Å².